The Morgan fingerprint density at radius 2 is 1.73 bits per heavy atom. The van der Waals surface area contributed by atoms with E-state index in [2.05, 4.69) is 4.74 Å². The number of carbonyl (C=O) groups excluding carboxylic acids is 1. The molecule has 0 radical (unpaired) electrons. The molecule has 0 aromatic heterocycles. The highest BCUT2D eigenvalue weighted by Crippen LogP contribution is 2.35. The van der Waals surface area contributed by atoms with Crippen molar-refractivity contribution in [3.05, 3.63) is 58.1 Å². The molecule has 0 amide bonds. The first-order valence-corrected chi connectivity index (χ1v) is 7.31. The topological polar surface area (TPSA) is 61.5 Å². The van der Waals surface area contributed by atoms with Crippen molar-refractivity contribution in [2.24, 2.45) is 5.73 Å². The van der Waals surface area contributed by atoms with Gasteiger partial charge in [0.2, 0.25) is 0 Å². The van der Waals surface area contributed by atoms with Gasteiger partial charge in [-0.2, -0.15) is 0 Å². The van der Waals surface area contributed by atoms with Crippen LogP contribution in [0.5, 0.6) is 11.5 Å². The molecular formula is C16H15Cl2NO3. The maximum Gasteiger partial charge on any atom is 0.322 e. The smallest absolute Gasteiger partial charge is 0.322 e. The molecule has 0 bridgehead atoms. The second-order valence-corrected chi connectivity index (χ2v) is 5.44. The van der Waals surface area contributed by atoms with E-state index in [-0.39, 0.29) is 0 Å². The van der Waals surface area contributed by atoms with Crippen molar-refractivity contribution in [2.75, 3.05) is 7.11 Å². The van der Waals surface area contributed by atoms with E-state index in [0.717, 1.165) is 5.56 Å². The molecule has 2 aromatic rings. The van der Waals surface area contributed by atoms with Crippen LogP contribution in [-0.4, -0.2) is 19.1 Å². The molecule has 1 atom stereocenters. The first kappa shape index (κ1) is 16.6. The van der Waals surface area contributed by atoms with Crippen molar-refractivity contribution in [1.82, 2.24) is 0 Å². The predicted octanol–water partition coefficient (Wildman–Crippen LogP) is 3.83. The van der Waals surface area contributed by atoms with Crippen LogP contribution in [0.25, 0.3) is 0 Å². The SMILES string of the molecule is COC(=O)C(N)Cc1ccc(Oc2c(Cl)cccc2Cl)cc1. The second kappa shape index (κ2) is 7.49. The monoisotopic (exact) mass is 339 g/mol. The number of hydrogen-bond donors (Lipinski definition) is 1. The number of benzene rings is 2. The minimum absolute atomic E-state index is 0.389. The normalized spacial score (nSPS) is 11.8. The number of nitrogens with two attached hydrogens (primary N) is 1. The molecule has 22 heavy (non-hydrogen) atoms. The van der Waals surface area contributed by atoms with Gasteiger partial charge in [0.15, 0.2) is 5.75 Å². The maximum absolute atomic E-state index is 11.3. The first-order chi connectivity index (χ1) is 10.5. The highest BCUT2D eigenvalue weighted by atomic mass is 35.5. The molecule has 0 aliphatic heterocycles. The second-order valence-electron chi connectivity index (χ2n) is 4.63. The third-order valence-electron chi connectivity index (χ3n) is 3.02. The summed E-state index contributed by atoms with van der Waals surface area (Å²) in [5.41, 5.74) is 6.62. The number of ether oxygens (including phenoxy) is 2. The van der Waals surface area contributed by atoms with Gasteiger partial charge in [-0.05, 0) is 36.2 Å². The van der Waals surface area contributed by atoms with Crippen molar-refractivity contribution in [3.8, 4) is 11.5 Å². The average molecular weight is 340 g/mol. The van der Waals surface area contributed by atoms with E-state index >= 15 is 0 Å². The highest BCUT2D eigenvalue weighted by molar-refractivity contribution is 6.37. The van der Waals surface area contributed by atoms with Crippen LogP contribution < -0.4 is 10.5 Å². The lowest BCUT2D eigenvalue weighted by atomic mass is 10.1. The molecule has 1 unspecified atom stereocenters. The number of para-hydroxylation sites is 1. The summed E-state index contributed by atoms with van der Waals surface area (Å²) in [6.45, 7) is 0. The van der Waals surface area contributed by atoms with E-state index in [1.165, 1.54) is 7.11 Å². The molecule has 0 fully saturated rings. The highest BCUT2D eigenvalue weighted by Gasteiger charge is 2.14. The van der Waals surface area contributed by atoms with Gasteiger partial charge in [-0.15, -0.1) is 0 Å². The molecule has 6 heteroatoms. The molecule has 0 saturated heterocycles. The van der Waals surface area contributed by atoms with Gasteiger partial charge in [-0.3, -0.25) is 4.79 Å². The van der Waals surface area contributed by atoms with Crippen LogP contribution in [-0.2, 0) is 16.0 Å². The molecule has 0 heterocycles. The van der Waals surface area contributed by atoms with Crippen LogP contribution in [0.2, 0.25) is 10.0 Å². The lowest BCUT2D eigenvalue weighted by Crippen LogP contribution is -2.33. The van der Waals surface area contributed by atoms with Gasteiger partial charge >= 0.3 is 5.97 Å². The fourth-order valence-electron chi connectivity index (χ4n) is 1.88. The summed E-state index contributed by atoms with van der Waals surface area (Å²) < 4.78 is 10.3. The number of hydrogen-bond acceptors (Lipinski definition) is 4. The minimum atomic E-state index is -0.685. The minimum Gasteiger partial charge on any atom is -0.468 e. The summed E-state index contributed by atoms with van der Waals surface area (Å²) in [5, 5.41) is 0.869. The van der Waals surface area contributed by atoms with E-state index in [0.29, 0.717) is 28.0 Å². The van der Waals surface area contributed by atoms with Crippen molar-refractivity contribution in [1.29, 1.82) is 0 Å². The van der Waals surface area contributed by atoms with Crippen LogP contribution in [0, 0.1) is 0 Å². The molecule has 0 aliphatic carbocycles. The van der Waals surface area contributed by atoms with Crippen molar-refractivity contribution < 1.29 is 14.3 Å². The van der Waals surface area contributed by atoms with E-state index in [9.17, 15) is 4.79 Å². The zero-order valence-electron chi connectivity index (χ0n) is 11.9. The Bertz CT molecular complexity index is 639. The molecule has 2 aromatic carbocycles. The van der Waals surface area contributed by atoms with E-state index < -0.39 is 12.0 Å². The summed E-state index contributed by atoms with van der Waals surface area (Å²) >= 11 is 12.1. The van der Waals surface area contributed by atoms with Gasteiger partial charge in [-0.25, -0.2) is 0 Å². The molecule has 0 saturated carbocycles. The van der Waals surface area contributed by atoms with Crippen molar-refractivity contribution >= 4 is 29.2 Å². The van der Waals surface area contributed by atoms with Gasteiger partial charge in [0, 0.05) is 0 Å². The number of carbonyl (C=O) groups is 1. The summed E-state index contributed by atoms with van der Waals surface area (Å²) in [7, 11) is 1.31. The molecule has 0 spiro atoms. The van der Waals surface area contributed by atoms with Gasteiger partial charge in [-0.1, -0.05) is 41.4 Å². The summed E-state index contributed by atoms with van der Waals surface area (Å²) in [5.74, 6) is 0.554. The van der Waals surface area contributed by atoms with Crippen LogP contribution in [0.15, 0.2) is 42.5 Å². The number of esters is 1. The third kappa shape index (κ3) is 4.13. The average Bonchev–Trinajstić information content (AvgIpc) is 2.51. The zero-order chi connectivity index (χ0) is 16.1. The summed E-state index contributed by atoms with van der Waals surface area (Å²) in [6, 6.07) is 11.6. The van der Waals surface area contributed by atoms with Gasteiger partial charge < -0.3 is 15.2 Å². The fraction of sp³-hybridized carbons (Fsp3) is 0.188. The molecule has 116 valence electrons. The third-order valence-corrected chi connectivity index (χ3v) is 3.62. The number of halogens is 2. The Morgan fingerprint density at radius 1 is 1.14 bits per heavy atom. The van der Waals surface area contributed by atoms with Crippen LogP contribution in [0.1, 0.15) is 5.56 Å². The Balaban J connectivity index is 2.08. The van der Waals surface area contributed by atoms with Crippen molar-refractivity contribution in [2.45, 2.75) is 12.5 Å². The molecule has 0 aliphatic rings. The van der Waals surface area contributed by atoms with E-state index in [1.807, 2.05) is 12.1 Å². The van der Waals surface area contributed by atoms with E-state index in [4.69, 9.17) is 33.7 Å². The molecule has 4 nitrogen and oxygen atoms in total. The lowest BCUT2D eigenvalue weighted by molar-refractivity contribution is -0.142. The van der Waals surface area contributed by atoms with E-state index in [1.54, 1.807) is 30.3 Å². The summed E-state index contributed by atoms with van der Waals surface area (Å²) in [6.07, 6.45) is 0.389. The van der Waals surface area contributed by atoms with Crippen LogP contribution >= 0.6 is 23.2 Å². The standard InChI is InChI=1S/C16H15Cl2NO3/c1-21-16(20)14(19)9-10-5-7-11(8-6-10)22-15-12(17)3-2-4-13(15)18/h2-8,14H,9,19H2,1H3. The Morgan fingerprint density at radius 3 is 2.27 bits per heavy atom. The predicted molar refractivity (Wildman–Crippen MR) is 86.7 cm³/mol. The largest absolute Gasteiger partial charge is 0.468 e. The lowest BCUT2D eigenvalue weighted by Gasteiger charge is -2.11. The number of methoxy groups -OCH3 is 1. The Kier molecular flexibility index (Phi) is 5.66. The maximum atomic E-state index is 11.3. The van der Waals surface area contributed by atoms with Gasteiger partial charge in [0.05, 0.1) is 17.2 Å². The van der Waals surface area contributed by atoms with Crippen LogP contribution in [0.4, 0.5) is 0 Å². The fourth-order valence-corrected chi connectivity index (χ4v) is 2.35. The Hall–Kier alpha value is -1.75. The Labute approximate surface area is 138 Å². The molecule has 2 rings (SSSR count). The van der Waals surface area contributed by atoms with Crippen LogP contribution in [0.3, 0.4) is 0 Å². The molecular weight excluding hydrogens is 325 g/mol. The van der Waals surface area contributed by atoms with Gasteiger partial charge in [0.25, 0.3) is 0 Å². The first-order valence-electron chi connectivity index (χ1n) is 6.55. The zero-order valence-corrected chi connectivity index (χ0v) is 13.4. The van der Waals surface area contributed by atoms with Gasteiger partial charge in [0.1, 0.15) is 11.8 Å². The summed E-state index contributed by atoms with van der Waals surface area (Å²) in [4.78, 5) is 11.3. The number of rotatable bonds is 5. The van der Waals surface area contributed by atoms with Crippen molar-refractivity contribution in [3.63, 3.8) is 0 Å². The molecule has 2 N–H and O–H groups in total. The quantitative estimate of drug-likeness (QED) is 0.841.